The molecule has 0 saturated heterocycles. The maximum Gasteiger partial charge on any atom is 0.138 e. The lowest BCUT2D eigenvalue weighted by atomic mass is 10.5. The first-order chi connectivity index (χ1) is 3.85. The Morgan fingerprint density at radius 3 is 2.62 bits per heavy atom. The zero-order chi connectivity index (χ0) is 6.41. The number of methoxy groups -OCH3 is 1. The second-order valence-electron chi connectivity index (χ2n) is 1.07. The van der Waals surface area contributed by atoms with Crippen LogP contribution in [0.3, 0.4) is 0 Å². The van der Waals surface area contributed by atoms with Crippen LogP contribution in [0.4, 0.5) is 0 Å². The highest BCUT2D eigenvalue weighted by atomic mass is 16.5. The summed E-state index contributed by atoms with van der Waals surface area (Å²) in [5.41, 5.74) is 6.36. The molecular weight excluding hydrogens is 104 g/mol. The van der Waals surface area contributed by atoms with E-state index in [0.29, 0.717) is 5.76 Å². The molecule has 0 rings (SSSR count). The van der Waals surface area contributed by atoms with Crippen LogP contribution in [0, 0.1) is 5.53 Å². The molecule has 0 saturated carbocycles. The molecule has 44 valence electrons. The van der Waals surface area contributed by atoms with Crippen molar-refractivity contribution in [1.82, 2.24) is 0 Å². The summed E-state index contributed by atoms with van der Waals surface area (Å²) in [6, 6.07) is 0. The van der Waals surface area contributed by atoms with E-state index in [4.69, 9.17) is 5.53 Å². The third-order valence-corrected chi connectivity index (χ3v) is 0.629. The summed E-state index contributed by atoms with van der Waals surface area (Å²) < 4.78 is 4.67. The molecule has 1 N–H and O–H groups in total. The average Bonchev–Trinajstić information content (AvgIpc) is 1.83. The predicted octanol–water partition coefficient (Wildman–Crippen LogP) is 1.69. The van der Waals surface area contributed by atoms with Gasteiger partial charge in [0.2, 0.25) is 0 Å². The van der Waals surface area contributed by atoms with E-state index in [1.54, 1.807) is 0 Å². The van der Waals surface area contributed by atoms with Crippen LogP contribution >= 0.6 is 0 Å². The van der Waals surface area contributed by atoms with Gasteiger partial charge in [-0.05, 0) is 6.08 Å². The molecule has 0 bridgehead atoms. The van der Waals surface area contributed by atoms with Gasteiger partial charge in [0.05, 0.1) is 13.3 Å². The first-order valence-electron chi connectivity index (χ1n) is 2.08. The highest BCUT2D eigenvalue weighted by Gasteiger charge is 1.81. The van der Waals surface area contributed by atoms with Crippen molar-refractivity contribution in [1.29, 1.82) is 5.53 Å². The summed E-state index contributed by atoms with van der Waals surface area (Å²) in [7, 11) is 1.50. The Kier molecular flexibility index (Phi) is 3.48. The minimum atomic E-state index is 0.500. The molecule has 0 radical (unpaired) electrons. The molecule has 0 aromatic carbocycles. The van der Waals surface area contributed by atoms with Gasteiger partial charge in [-0.3, -0.25) is 0 Å². The van der Waals surface area contributed by atoms with E-state index in [1.165, 1.54) is 19.4 Å². The molecular formula is C5H8N2O. The summed E-state index contributed by atoms with van der Waals surface area (Å²) in [4.78, 5) is 0. The Bertz CT molecular complexity index is 118. The maximum atomic E-state index is 6.36. The van der Waals surface area contributed by atoms with Crippen LogP contribution in [-0.4, -0.2) is 7.11 Å². The first-order valence-corrected chi connectivity index (χ1v) is 2.08. The zero-order valence-corrected chi connectivity index (χ0v) is 4.72. The van der Waals surface area contributed by atoms with Gasteiger partial charge in [0.1, 0.15) is 5.76 Å². The molecule has 0 amide bonds. The van der Waals surface area contributed by atoms with Crippen molar-refractivity contribution < 1.29 is 4.74 Å². The second kappa shape index (κ2) is 4.05. The predicted molar refractivity (Wildman–Crippen MR) is 30.4 cm³/mol. The highest BCUT2D eigenvalue weighted by molar-refractivity contribution is 5.06. The van der Waals surface area contributed by atoms with Gasteiger partial charge in [-0.15, -0.1) is 0 Å². The molecule has 0 heterocycles. The van der Waals surface area contributed by atoms with Gasteiger partial charge in [-0.25, -0.2) is 5.53 Å². The molecule has 3 heteroatoms. The Labute approximate surface area is 48.2 Å². The number of ether oxygens (including phenoxy) is 1. The standard InChI is InChI=1S/C5H8N2O/c1-3-5(8-2)4-7-6/h3-4,6H,1H2,2H3/b5-4-,7-6?. The monoisotopic (exact) mass is 112 g/mol. The van der Waals surface area contributed by atoms with Crippen LogP contribution in [0.25, 0.3) is 0 Å². The van der Waals surface area contributed by atoms with Crippen molar-refractivity contribution in [2.75, 3.05) is 7.11 Å². The molecule has 0 aliphatic carbocycles. The third-order valence-electron chi connectivity index (χ3n) is 0.629. The summed E-state index contributed by atoms with van der Waals surface area (Å²) in [6.07, 6.45) is 2.76. The molecule has 0 aromatic heterocycles. The summed E-state index contributed by atoms with van der Waals surface area (Å²) >= 11 is 0. The largest absolute Gasteiger partial charge is 0.495 e. The Hall–Kier alpha value is -1.12. The Balaban J connectivity index is 3.84. The van der Waals surface area contributed by atoms with Crippen molar-refractivity contribution in [3.05, 3.63) is 24.6 Å². The Morgan fingerprint density at radius 2 is 2.50 bits per heavy atom. The van der Waals surface area contributed by atoms with Gasteiger partial charge in [0.25, 0.3) is 0 Å². The van der Waals surface area contributed by atoms with Crippen LogP contribution in [0.2, 0.25) is 0 Å². The minimum absolute atomic E-state index is 0.500. The van der Waals surface area contributed by atoms with E-state index < -0.39 is 0 Å². The quantitative estimate of drug-likeness (QED) is 0.337. The fourth-order valence-corrected chi connectivity index (χ4v) is 0.252. The molecule has 0 aromatic rings. The second-order valence-corrected chi connectivity index (χ2v) is 1.07. The number of hydrogen-bond donors (Lipinski definition) is 1. The molecule has 0 aliphatic rings. The summed E-state index contributed by atoms with van der Waals surface area (Å²) in [5, 5.41) is 2.97. The average molecular weight is 112 g/mol. The number of nitrogens with zero attached hydrogens (tertiary/aromatic N) is 1. The molecule has 8 heavy (non-hydrogen) atoms. The van der Waals surface area contributed by atoms with Crippen LogP contribution in [-0.2, 0) is 4.74 Å². The van der Waals surface area contributed by atoms with Crippen molar-refractivity contribution in [3.63, 3.8) is 0 Å². The lowest BCUT2D eigenvalue weighted by Gasteiger charge is -1.92. The lowest BCUT2D eigenvalue weighted by Crippen LogP contribution is -1.77. The van der Waals surface area contributed by atoms with E-state index in [9.17, 15) is 0 Å². The van der Waals surface area contributed by atoms with Crippen molar-refractivity contribution in [2.45, 2.75) is 0 Å². The molecule has 0 fully saturated rings. The zero-order valence-electron chi connectivity index (χ0n) is 4.72. The summed E-state index contributed by atoms with van der Waals surface area (Å²) in [6.45, 7) is 3.41. The number of nitrogens with one attached hydrogen (secondary N) is 1. The van der Waals surface area contributed by atoms with E-state index in [-0.39, 0.29) is 0 Å². The van der Waals surface area contributed by atoms with E-state index in [2.05, 4.69) is 16.4 Å². The van der Waals surface area contributed by atoms with Gasteiger partial charge in [-0.2, -0.15) is 5.11 Å². The van der Waals surface area contributed by atoms with Crippen LogP contribution in [0.1, 0.15) is 0 Å². The van der Waals surface area contributed by atoms with E-state index in [0.717, 1.165) is 0 Å². The number of allylic oxidation sites excluding steroid dienone is 1. The molecule has 0 atom stereocenters. The van der Waals surface area contributed by atoms with Crippen LogP contribution in [0.5, 0.6) is 0 Å². The van der Waals surface area contributed by atoms with Gasteiger partial charge >= 0.3 is 0 Å². The highest BCUT2D eigenvalue weighted by Crippen LogP contribution is 1.93. The van der Waals surface area contributed by atoms with Crippen LogP contribution in [0.15, 0.2) is 29.7 Å². The lowest BCUT2D eigenvalue weighted by molar-refractivity contribution is 0.305. The summed E-state index contributed by atoms with van der Waals surface area (Å²) in [5.74, 6) is 0.500. The fraction of sp³-hybridized carbons (Fsp3) is 0.200. The van der Waals surface area contributed by atoms with E-state index in [1.807, 2.05) is 0 Å². The van der Waals surface area contributed by atoms with Crippen molar-refractivity contribution in [2.24, 2.45) is 5.11 Å². The molecule has 0 unspecified atom stereocenters. The van der Waals surface area contributed by atoms with Gasteiger partial charge in [-0.1, -0.05) is 6.58 Å². The normalized spacial score (nSPS) is 10.4. The molecule has 0 aliphatic heterocycles. The molecule has 3 nitrogen and oxygen atoms in total. The third kappa shape index (κ3) is 2.12. The number of hydrogen-bond acceptors (Lipinski definition) is 3. The first kappa shape index (κ1) is 6.88. The SMILES string of the molecule is C=C/C(=C/N=N)OC. The van der Waals surface area contributed by atoms with E-state index >= 15 is 0 Å². The van der Waals surface area contributed by atoms with Crippen molar-refractivity contribution >= 4 is 0 Å². The number of rotatable bonds is 3. The maximum absolute atomic E-state index is 6.36. The minimum Gasteiger partial charge on any atom is -0.495 e. The van der Waals surface area contributed by atoms with Gasteiger partial charge in [0.15, 0.2) is 0 Å². The van der Waals surface area contributed by atoms with Crippen molar-refractivity contribution in [3.8, 4) is 0 Å². The Morgan fingerprint density at radius 1 is 1.88 bits per heavy atom. The van der Waals surface area contributed by atoms with Gasteiger partial charge < -0.3 is 4.74 Å². The fourth-order valence-electron chi connectivity index (χ4n) is 0.252. The molecule has 0 spiro atoms. The topological polar surface area (TPSA) is 45.4 Å². The van der Waals surface area contributed by atoms with Gasteiger partial charge in [0, 0.05) is 0 Å². The smallest absolute Gasteiger partial charge is 0.138 e. The van der Waals surface area contributed by atoms with Crippen LogP contribution < -0.4 is 0 Å².